The molecule has 579 valence electrons. The summed E-state index contributed by atoms with van der Waals surface area (Å²) in [4.78, 5) is 53.5. The maximum atomic E-state index is 10.1. The number of phenols is 2. The molecule has 17 aromatic rings. The van der Waals surface area contributed by atoms with Gasteiger partial charge in [-0.15, -0.1) is 89.0 Å². The van der Waals surface area contributed by atoms with Crippen molar-refractivity contribution in [2.24, 2.45) is 4.99 Å². The van der Waals surface area contributed by atoms with Gasteiger partial charge in [-0.05, 0) is 92.7 Å². The minimum Gasteiger partial charge on any atom is -0.507 e. The Labute approximate surface area is 705 Å². The van der Waals surface area contributed by atoms with E-state index >= 15 is 0 Å². The molecule has 1 aliphatic heterocycles. The number of carboxylic acids is 1. The number of aromatic nitrogens is 6. The molecular formula is C98H87Ir3N8O5-3. The van der Waals surface area contributed by atoms with Gasteiger partial charge in [0.1, 0.15) is 17.5 Å². The number of rotatable bonds is 6. The Morgan fingerprint density at radius 1 is 0.404 bits per heavy atom. The number of aliphatic imine (C=N–C) groups is 1. The monoisotopic (exact) mass is 2030 g/mol. The van der Waals surface area contributed by atoms with Crippen LogP contribution in [-0.4, -0.2) is 83.3 Å². The first-order valence-corrected chi connectivity index (χ1v) is 37.2. The van der Waals surface area contributed by atoms with Gasteiger partial charge in [-0.25, -0.2) is 0 Å². The van der Waals surface area contributed by atoms with Crippen LogP contribution in [0.15, 0.2) is 272 Å². The van der Waals surface area contributed by atoms with Gasteiger partial charge in [-0.2, -0.15) is 0 Å². The first kappa shape index (κ1) is 85.4. The third-order valence-electron chi connectivity index (χ3n) is 19.8. The standard InChI is InChI=1S/3C26H21N2.C8H9NO.C7H6O2.C5H9NO2.3Ir/c3*1-26(2,3)18-14-12-17(13-15-18)23-16-27-24-21-10-6-4-8-19(21)20-9-5-7-11-22(20)25(24)28-23;1-9-6-7-4-2-3-5-8(7)10;8-5-6-3-1-2-4-7(6)9;7-5(8)4-2-1-3-6-4;;;/h3*4-9,11-16H,1-3H3;2-6,10H,1H3;1-5,9H;4,6H,1-3H2,(H,7,8);;;/q3*-1;;;;;;. The molecular weight excluding hydrogens is 1950 g/mol. The van der Waals surface area contributed by atoms with Crippen molar-refractivity contribution in [3.8, 4) is 45.3 Å². The number of aldehydes is 1. The molecule has 0 spiro atoms. The van der Waals surface area contributed by atoms with Gasteiger partial charge in [0, 0.05) is 131 Å². The summed E-state index contributed by atoms with van der Waals surface area (Å²) in [6, 6.07) is 92.9. The molecule has 1 fully saturated rings. The van der Waals surface area contributed by atoms with E-state index in [4.69, 9.17) is 45.2 Å². The van der Waals surface area contributed by atoms with E-state index in [1.807, 2.05) is 67.1 Å². The van der Waals surface area contributed by atoms with E-state index in [1.165, 1.54) is 55.1 Å². The third-order valence-corrected chi connectivity index (χ3v) is 19.8. The number of nitrogens with one attached hydrogen (secondary N) is 1. The Morgan fingerprint density at radius 3 is 0.965 bits per heavy atom. The maximum absolute atomic E-state index is 10.1. The smallest absolute Gasteiger partial charge is 0.320 e. The molecule has 3 aromatic heterocycles. The topological polar surface area (TPSA) is 197 Å². The van der Waals surface area contributed by atoms with Gasteiger partial charge in [0.2, 0.25) is 0 Å². The first-order chi connectivity index (χ1) is 53.6. The van der Waals surface area contributed by atoms with Crippen molar-refractivity contribution in [1.82, 2.24) is 35.2 Å². The summed E-state index contributed by atoms with van der Waals surface area (Å²) in [5.74, 6) is -0.414. The van der Waals surface area contributed by atoms with Crippen molar-refractivity contribution in [3.63, 3.8) is 0 Å². The largest absolute Gasteiger partial charge is 0.507 e. The normalized spacial score (nSPS) is 12.5. The minimum absolute atomic E-state index is 0. The summed E-state index contributed by atoms with van der Waals surface area (Å²) >= 11 is 0. The van der Waals surface area contributed by atoms with Crippen molar-refractivity contribution in [3.05, 3.63) is 313 Å². The van der Waals surface area contributed by atoms with Crippen LogP contribution in [-0.2, 0) is 81.4 Å². The van der Waals surface area contributed by atoms with Crippen molar-refractivity contribution in [2.45, 2.75) is 97.4 Å². The zero-order chi connectivity index (χ0) is 78.0. The van der Waals surface area contributed by atoms with Crippen molar-refractivity contribution < 1.29 is 85.2 Å². The Balaban J connectivity index is 0.000000154. The van der Waals surface area contributed by atoms with Crippen molar-refractivity contribution in [1.29, 1.82) is 0 Å². The summed E-state index contributed by atoms with van der Waals surface area (Å²) in [6.45, 7) is 20.9. The van der Waals surface area contributed by atoms with Crippen LogP contribution in [0.2, 0.25) is 0 Å². The molecule has 1 atom stereocenters. The Kier molecular flexibility index (Phi) is 28.3. The van der Waals surface area contributed by atoms with Gasteiger partial charge in [0.05, 0.1) is 39.2 Å². The Hall–Kier alpha value is -11.0. The zero-order valence-corrected chi connectivity index (χ0v) is 72.2. The van der Waals surface area contributed by atoms with Gasteiger partial charge in [-0.1, -0.05) is 264 Å². The number of aromatic hydroxyl groups is 2. The second kappa shape index (κ2) is 37.7. The molecule has 16 heteroatoms. The summed E-state index contributed by atoms with van der Waals surface area (Å²) in [7, 11) is 1.67. The summed E-state index contributed by atoms with van der Waals surface area (Å²) in [5, 5.41) is 42.8. The number of aliphatic carboxylic acids is 1. The van der Waals surface area contributed by atoms with Gasteiger partial charge < -0.3 is 35.6 Å². The van der Waals surface area contributed by atoms with E-state index < -0.39 is 5.97 Å². The molecule has 0 aliphatic carbocycles. The van der Waals surface area contributed by atoms with E-state index in [9.17, 15) is 9.59 Å². The van der Waals surface area contributed by atoms with Crippen LogP contribution in [0.4, 0.5) is 0 Å². The van der Waals surface area contributed by atoms with Crippen LogP contribution in [0.5, 0.6) is 11.5 Å². The van der Waals surface area contributed by atoms with Crippen LogP contribution >= 0.6 is 0 Å². The summed E-state index contributed by atoms with van der Waals surface area (Å²) in [5.41, 5.74) is 16.9. The number of hydrogen-bond acceptors (Lipinski definition) is 12. The molecule has 1 aliphatic rings. The molecule has 0 amide bonds. The predicted molar refractivity (Wildman–Crippen MR) is 456 cm³/mol. The number of nitrogens with zero attached hydrogens (tertiary/aromatic N) is 7. The van der Waals surface area contributed by atoms with Gasteiger partial charge in [-0.3, -0.25) is 29.5 Å². The van der Waals surface area contributed by atoms with E-state index in [-0.39, 0.29) is 94.1 Å². The fraction of sp³-hybridized carbons (Fsp3) is 0.173. The maximum Gasteiger partial charge on any atom is 0.320 e. The molecule has 1 saturated heterocycles. The Bertz CT molecular complexity index is 5670. The Morgan fingerprint density at radius 2 is 0.702 bits per heavy atom. The predicted octanol–water partition coefficient (Wildman–Crippen LogP) is 22.6. The zero-order valence-electron chi connectivity index (χ0n) is 65.0. The number of para-hydroxylation sites is 2. The molecule has 0 saturated carbocycles. The van der Waals surface area contributed by atoms with Gasteiger partial charge in [0.15, 0.2) is 6.29 Å². The number of benzene rings is 14. The number of carbonyl (C=O) groups is 2. The molecule has 14 aromatic carbocycles. The second-order valence-corrected chi connectivity index (χ2v) is 30.5. The van der Waals surface area contributed by atoms with Crippen LogP contribution in [0.25, 0.3) is 132 Å². The van der Waals surface area contributed by atoms with E-state index in [1.54, 1.807) is 43.6 Å². The van der Waals surface area contributed by atoms with Crippen LogP contribution in [0.3, 0.4) is 0 Å². The molecule has 114 heavy (non-hydrogen) atoms. The van der Waals surface area contributed by atoms with E-state index in [0.29, 0.717) is 11.8 Å². The van der Waals surface area contributed by atoms with E-state index in [2.05, 4.69) is 255 Å². The van der Waals surface area contributed by atoms with Crippen molar-refractivity contribution >= 4 is 116 Å². The number of phenolic OH excluding ortho intramolecular Hbond substituents is 2. The van der Waals surface area contributed by atoms with Crippen molar-refractivity contribution in [2.75, 3.05) is 13.6 Å². The van der Waals surface area contributed by atoms with Crippen LogP contribution in [0.1, 0.15) is 108 Å². The van der Waals surface area contributed by atoms with Crippen LogP contribution < -0.4 is 5.32 Å². The van der Waals surface area contributed by atoms with Crippen LogP contribution in [0, 0.1) is 18.2 Å². The molecule has 4 N–H and O–H groups in total. The fourth-order valence-corrected chi connectivity index (χ4v) is 13.7. The molecule has 3 radical (unpaired) electrons. The summed E-state index contributed by atoms with van der Waals surface area (Å²) in [6.07, 6.45) is 9.66. The number of hydrogen-bond donors (Lipinski definition) is 4. The van der Waals surface area contributed by atoms with Gasteiger partial charge >= 0.3 is 5.97 Å². The molecule has 1 unspecified atom stereocenters. The molecule has 4 heterocycles. The number of carbonyl (C=O) groups excluding carboxylic acids is 1. The fourth-order valence-electron chi connectivity index (χ4n) is 13.7. The minimum atomic E-state index is -0.720. The third kappa shape index (κ3) is 19.4. The summed E-state index contributed by atoms with van der Waals surface area (Å²) < 4.78 is 0. The van der Waals surface area contributed by atoms with Gasteiger partial charge in [0.25, 0.3) is 0 Å². The average Bonchev–Trinajstić information content (AvgIpc) is 0.776. The van der Waals surface area contributed by atoms with E-state index in [0.717, 1.165) is 124 Å². The quantitative estimate of drug-likeness (QED) is 0.0533. The SMILES string of the molecule is CC(C)(C)c1ccc(-c2cnc3c4[c-]cccc4c4ccccc4c3n2)cc1.CC(C)(C)c1ccc(-c2cnc3c4[c-]cccc4c4ccccc4c3n2)cc1.CC(C)(C)c1ccc(-c2cnc3c4[c-]cccc4c4ccccc4c3n2)cc1.CN=Cc1ccccc1O.O=C(O)C1CCCN1.O=Cc1ccccc1O.[Ir].[Ir].[Ir]. The number of carboxylic acid groups (broad SMARTS) is 1. The first-order valence-electron chi connectivity index (χ1n) is 37.2. The average molecular weight is 2030 g/mol. The molecule has 18 rings (SSSR count). The second-order valence-electron chi connectivity index (χ2n) is 30.5. The molecule has 0 bridgehead atoms. The molecule has 13 nitrogen and oxygen atoms in total. The number of fused-ring (bicyclic) bond motifs is 18.